The molecule has 1 aliphatic heterocycles. The van der Waals surface area contributed by atoms with Gasteiger partial charge in [-0.2, -0.15) is 0 Å². The van der Waals surface area contributed by atoms with E-state index in [-0.39, 0.29) is 21.6 Å². The van der Waals surface area contributed by atoms with E-state index in [4.69, 9.17) is 16.2 Å². The zero-order valence-corrected chi connectivity index (χ0v) is 13.6. The second kappa shape index (κ2) is 5.82. The van der Waals surface area contributed by atoms with E-state index >= 15 is 0 Å². The quantitative estimate of drug-likeness (QED) is 0.826. The van der Waals surface area contributed by atoms with Crippen LogP contribution < -0.4 is 16.4 Å². The Kier molecular flexibility index (Phi) is 4.45. The van der Waals surface area contributed by atoms with E-state index in [0.717, 1.165) is 30.4 Å². The topological polar surface area (TPSA) is 116 Å². The average molecular weight is 333 g/mol. The highest BCUT2D eigenvalue weighted by Gasteiger charge is 2.31. The highest BCUT2D eigenvalue weighted by atomic mass is 32.2. The van der Waals surface area contributed by atoms with Crippen LogP contribution in [0.2, 0.25) is 0 Å². The highest BCUT2D eigenvalue weighted by Crippen LogP contribution is 2.42. The molecule has 118 valence electrons. The number of amides is 1. The lowest BCUT2D eigenvalue weighted by Crippen LogP contribution is -2.39. The molecule has 4 N–H and O–H groups in total. The van der Waals surface area contributed by atoms with Crippen LogP contribution in [0, 0.1) is 0 Å². The third kappa shape index (κ3) is 3.14. The SMILES string of the molecule is COC1CCCN(c2sc(C(N)=O)c(N)c2S(C)(=O)=O)C1. The van der Waals surface area contributed by atoms with Crippen LogP contribution in [0.25, 0.3) is 0 Å². The number of piperidine rings is 1. The first-order valence-corrected chi connectivity index (χ1v) is 9.16. The standard InChI is InChI=1S/C12H19N3O4S2/c1-19-7-4-3-5-15(6-7)12-10(21(2,17)18)8(13)9(20-12)11(14)16/h7H,3-6,13H2,1-2H3,(H2,14,16). The molecule has 21 heavy (non-hydrogen) atoms. The molecule has 1 saturated heterocycles. The van der Waals surface area contributed by atoms with Crippen molar-refractivity contribution in [3.05, 3.63) is 4.88 Å². The Bertz CT molecular complexity index is 654. The molecule has 9 heteroatoms. The van der Waals surface area contributed by atoms with E-state index < -0.39 is 15.7 Å². The van der Waals surface area contributed by atoms with E-state index in [1.54, 1.807) is 7.11 Å². The molecule has 7 nitrogen and oxygen atoms in total. The number of hydrogen-bond donors (Lipinski definition) is 2. The lowest BCUT2D eigenvalue weighted by molar-refractivity contribution is 0.0894. The van der Waals surface area contributed by atoms with Crippen molar-refractivity contribution >= 4 is 37.8 Å². The molecule has 1 unspecified atom stereocenters. The van der Waals surface area contributed by atoms with Gasteiger partial charge in [-0.25, -0.2) is 8.42 Å². The number of primary amides is 1. The Morgan fingerprint density at radius 1 is 1.48 bits per heavy atom. The number of methoxy groups -OCH3 is 1. The number of rotatable bonds is 4. The summed E-state index contributed by atoms with van der Waals surface area (Å²) < 4.78 is 29.4. The minimum atomic E-state index is -3.56. The molecule has 2 rings (SSSR count). The number of carbonyl (C=O) groups is 1. The summed E-state index contributed by atoms with van der Waals surface area (Å²) in [6.45, 7) is 1.26. The fourth-order valence-electron chi connectivity index (χ4n) is 2.48. The summed E-state index contributed by atoms with van der Waals surface area (Å²) in [7, 11) is -1.93. The maximum atomic E-state index is 12.0. The molecule has 2 heterocycles. The number of ether oxygens (including phenoxy) is 1. The van der Waals surface area contributed by atoms with Crippen LogP contribution in [-0.2, 0) is 14.6 Å². The molecule has 1 aromatic heterocycles. The molecule has 1 amide bonds. The Balaban J connectivity index is 2.52. The Hall–Kier alpha value is -1.32. The molecular weight excluding hydrogens is 314 g/mol. The van der Waals surface area contributed by atoms with Crippen LogP contribution >= 0.6 is 11.3 Å². The van der Waals surface area contributed by atoms with Crippen molar-refractivity contribution in [3.8, 4) is 0 Å². The van der Waals surface area contributed by atoms with Gasteiger partial charge in [0.15, 0.2) is 9.84 Å². The number of nitrogens with two attached hydrogens (primary N) is 2. The first kappa shape index (κ1) is 16.1. The second-order valence-corrected chi connectivity index (χ2v) is 8.01. The molecule has 0 radical (unpaired) electrons. The predicted molar refractivity (Wildman–Crippen MR) is 82.6 cm³/mol. The number of sulfone groups is 1. The Morgan fingerprint density at radius 2 is 2.14 bits per heavy atom. The number of nitrogen functional groups attached to an aromatic ring is 1. The van der Waals surface area contributed by atoms with Crippen molar-refractivity contribution in [2.75, 3.05) is 37.1 Å². The monoisotopic (exact) mass is 333 g/mol. The van der Waals surface area contributed by atoms with E-state index in [0.29, 0.717) is 18.1 Å². The largest absolute Gasteiger partial charge is 0.396 e. The van der Waals surface area contributed by atoms with Gasteiger partial charge in [-0.05, 0) is 12.8 Å². The molecule has 0 saturated carbocycles. The van der Waals surface area contributed by atoms with Gasteiger partial charge in [-0.15, -0.1) is 11.3 Å². The summed E-state index contributed by atoms with van der Waals surface area (Å²) in [6.07, 6.45) is 2.92. The van der Waals surface area contributed by atoms with Crippen molar-refractivity contribution in [2.24, 2.45) is 5.73 Å². The van der Waals surface area contributed by atoms with Gasteiger partial charge in [0, 0.05) is 26.5 Å². The maximum Gasteiger partial charge on any atom is 0.261 e. The molecule has 0 aromatic carbocycles. The third-order valence-corrected chi connectivity index (χ3v) is 6.04. The molecule has 1 aliphatic rings. The number of nitrogens with zero attached hydrogens (tertiary/aromatic N) is 1. The average Bonchev–Trinajstić information content (AvgIpc) is 2.76. The van der Waals surface area contributed by atoms with Crippen LogP contribution in [0.3, 0.4) is 0 Å². The first-order valence-electron chi connectivity index (χ1n) is 6.45. The van der Waals surface area contributed by atoms with Crippen molar-refractivity contribution in [1.29, 1.82) is 0 Å². The molecule has 0 aliphatic carbocycles. The normalized spacial score (nSPS) is 19.7. The molecule has 0 spiro atoms. The first-order chi connectivity index (χ1) is 9.75. The van der Waals surface area contributed by atoms with Crippen molar-refractivity contribution in [2.45, 2.75) is 23.8 Å². The van der Waals surface area contributed by atoms with E-state index in [1.807, 2.05) is 4.90 Å². The summed E-state index contributed by atoms with van der Waals surface area (Å²) >= 11 is 1.03. The second-order valence-electron chi connectivity index (χ2n) is 5.06. The zero-order chi connectivity index (χ0) is 15.8. The Labute approximate surface area is 127 Å². The smallest absolute Gasteiger partial charge is 0.261 e. The molecular formula is C12H19N3O4S2. The van der Waals surface area contributed by atoms with Crippen LogP contribution in [0.1, 0.15) is 22.5 Å². The van der Waals surface area contributed by atoms with Gasteiger partial charge in [0.2, 0.25) is 0 Å². The van der Waals surface area contributed by atoms with E-state index in [2.05, 4.69) is 0 Å². The zero-order valence-electron chi connectivity index (χ0n) is 12.0. The minimum Gasteiger partial charge on any atom is -0.396 e. The predicted octanol–water partition coefficient (Wildman–Crippen LogP) is 0.448. The molecule has 0 bridgehead atoms. The van der Waals surface area contributed by atoms with Crippen molar-refractivity contribution in [3.63, 3.8) is 0 Å². The van der Waals surface area contributed by atoms with Gasteiger partial charge in [-0.3, -0.25) is 4.79 Å². The van der Waals surface area contributed by atoms with Gasteiger partial charge >= 0.3 is 0 Å². The summed E-state index contributed by atoms with van der Waals surface area (Å²) in [5.41, 5.74) is 11.1. The lowest BCUT2D eigenvalue weighted by atomic mass is 10.1. The van der Waals surface area contributed by atoms with Crippen LogP contribution in [0.4, 0.5) is 10.7 Å². The Morgan fingerprint density at radius 3 is 2.67 bits per heavy atom. The summed E-state index contributed by atoms with van der Waals surface area (Å²) in [5.74, 6) is -0.714. The number of thiophene rings is 1. The number of hydrogen-bond acceptors (Lipinski definition) is 7. The molecule has 1 fully saturated rings. The lowest BCUT2D eigenvalue weighted by Gasteiger charge is -2.33. The highest BCUT2D eigenvalue weighted by molar-refractivity contribution is 7.91. The van der Waals surface area contributed by atoms with Crippen LogP contribution in [0.15, 0.2) is 4.90 Å². The third-order valence-electron chi connectivity index (χ3n) is 3.48. The van der Waals surface area contributed by atoms with E-state index in [1.165, 1.54) is 0 Å². The van der Waals surface area contributed by atoms with Crippen LogP contribution in [-0.4, -0.2) is 46.9 Å². The maximum absolute atomic E-state index is 12.0. The van der Waals surface area contributed by atoms with Gasteiger partial charge < -0.3 is 21.1 Å². The fourth-order valence-corrected chi connectivity index (χ4v) is 5.08. The minimum absolute atomic E-state index is 0.00180. The van der Waals surface area contributed by atoms with Crippen molar-refractivity contribution in [1.82, 2.24) is 0 Å². The fraction of sp³-hybridized carbons (Fsp3) is 0.583. The van der Waals surface area contributed by atoms with Crippen molar-refractivity contribution < 1.29 is 17.9 Å². The summed E-state index contributed by atoms with van der Waals surface area (Å²) in [4.78, 5) is 13.4. The van der Waals surface area contributed by atoms with Gasteiger partial charge in [0.05, 0.1) is 11.8 Å². The summed E-state index contributed by atoms with van der Waals surface area (Å²) in [6, 6.07) is 0. The molecule has 1 aromatic rings. The number of anilines is 2. The van der Waals surface area contributed by atoms with E-state index in [9.17, 15) is 13.2 Å². The van der Waals surface area contributed by atoms with Gasteiger partial charge in [0.25, 0.3) is 5.91 Å². The van der Waals surface area contributed by atoms with Gasteiger partial charge in [0.1, 0.15) is 14.8 Å². The van der Waals surface area contributed by atoms with Crippen LogP contribution in [0.5, 0.6) is 0 Å². The summed E-state index contributed by atoms with van der Waals surface area (Å²) in [5, 5.41) is 0.477. The molecule has 1 atom stereocenters. The number of carbonyl (C=O) groups excluding carboxylic acids is 1. The van der Waals surface area contributed by atoms with Gasteiger partial charge in [-0.1, -0.05) is 0 Å².